The van der Waals surface area contributed by atoms with Gasteiger partial charge in [0.25, 0.3) is 0 Å². The van der Waals surface area contributed by atoms with Crippen LogP contribution >= 0.6 is 0 Å². The maximum absolute atomic E-state index is 5.62. The second-order valence-corrected chi connectivity index (χ2v) is 4.65. The lowest BCUT2D eigenvalue weighted by Gasteiger charge is -2.01. The van der Waals surface area contributed by atoms with Gasteiger partial charge in [0.1, 0.15) is 5.82 Å². The number of benzene rings is 1. The number of hydrogen-bond donors (Lipinski definition) is 1. The Morgan fingerprint density at radius 3 is 2.89 bits per heavy atom. The third kappa shape index (κ3) is 2.42. The molecule has 0 unspecified atom stereocenters. The van der Waals surface area contributed by atoms with Gasteiger partial charge >= 0.3 is 0 Å². The van der Waals surface area contributed by atoms with Crippen molar-refractivity contribution < 1.29 is 9.47 Å². The van der Waals surface area contributed by atoms with Crippen LogP contribution in [0.2, 0.25) is 0 Å². The van der Waals surface area contributed by atoms with Gasteiger partial charge in [-0.3, -0.25) is 0 Å². The molecule has 0 spiro atoms. The number of nitrogens with two attached hydrogens (primary N) is 1. The average Bonchev–Trinajstić information content (AvgIpc) is 3.01. The predicted octanol–water partition coefficient (Wildman–Crippen LogP) is 1.39. The zero-order valence-corrected chi connectivity index (χ0v) is 10.9. The van der Waals surface area contributed by atoms with Crippen LogP contribution in [0.1, 0.15) is 17.1 Å². The standard InChI is InChI=1S/C14H17N3O2/c1-17-8-11(16-14(17)7-15)4-2-10-3-5-12-13(6-10)19-9-18-12/h3,5-6,8H,2,4,7,9,15H2,1H3. The van der Waals surface area contributed by atoms with Crippen LogP contribution in [-0.4, -0.2) is 16.3 Å². The molecule has 0 aliphatic carbocycles. The van der Waals surface area contributed by atoms with E-state index in [4.69, 9.17) is 15.2 Å². The molecule has 1 aromatic carbocycles. The van der Waals surface area contributed by atoms with E-state index in [0.29, 0.717) is 13.3 Å². The number of imidazole rings is 1. The van der Waals surface area contributed by atoms with E-state index in [1.54, 1.807) is 0 Å². The highest BCUT2D eigenvalue weighted by Gasteiger charge is 2.13. The first kappa shape index (κ1) is 12.0. The number of aryl methyl sites for hydroxylation is 3. The molecule has 1 aliphatic rings. The molecule has 0 bridgehead atoms. The SMILES string of the molecule is Cn1cc(CCc2ccc3c(c2)OCO3)nc1CN. The van der Waals surface area contributed by atoms with E-state index in [0.717, 1.165) is 35.9 Å². The molecule has 2 N–H and O–H groups in total. The molecule has 2 heterocycles. The van der Waals surface area contributed by atoms with Crippen molar-refractivity contribution in [1.29, 1.82) is 0 Å². The van der Waals surface area contributed by atoms with Gasteiger partial charge in [0, 0.05) is 13.2 Å². The van der Waals surface area contributed by atoms with Crippen molar-refractivity contribution in [3.63, 3.8) is 0 Å². The highest BCUT2D eigenvalue weighted by Crippen LogP contribution is 2.32. The molecule has 100 valence electrons. The number of rotatable bonds is 4. The molecule has 0 amide bonds. The zero-order chi connectivity index (χ0) is 13.2. The third-order valence-electron chi connectivity index (χ3n) is 3.31. The van der Waals surface area contributed by atoms with Gasteiger partial charge in [0.2, 0.25) is 6.79 Å². The first-order valence-corrected chi connectivity index (χ1v) is 6.36. The first-order chi connectivity index (χ1) is 9.26. The fourth-order valence-corrected chi connectivity index (χ4v) is 2.25. The molecule has 2 aromatic rings. The van der Waals surface area contributed by atoms with Gasteiger partial charge in [0.05, 0.1) is 12.2 Å². The molecule has 0 saturated heterocycles. The predicted molar refractivity (Wildman–Crippen MR) is 71.1 cm³/mol. The van der Waals surface area contributed by atoms with Crippen molar-refractivity contribution in [3.05, 3.63) is 41.5 Å². The Hall–Kier alpha value is -2.01. The quantitative estimate of drug-likeness (QED) is 0.901. The maximum atomic E-state index is 5.62. The summed E-state index contributed by atoms with van der Waals surface area (Å²) in [5.41, 5.74) is 7.92. The summed E-state index contributed by atoms with van der Waals surface area (Å²) in [5.74, 6) is 2.58. The van der Waals surface area contributed by atoms with Gasteiger partial charge in [-0.2, -0.15) is 0 Å². The van der Waals surface area contributed by atoms with Crippen LogP contribution in [0, 0.1) is 0 Å². The van der Waals surface area contributed by atoms with Crippen LogP contribution in [0.5, 0.6) is 11.5 Å². The van der Waals surface area contributed by atoms with Crippen molar-refractivity contribution >= 4 is 0 Å². The Balaban J connectivity index is 1.68. The summed E-state index contributed by atoms with van der Waals surface area (Å²) in [6, 6.07) is 6.07. The van der Waals surface area contributed by atoms with Crippen molar-refractivity contribution in [2.75, 3.05) is 6.79 Å². The summed E-state index contributed by atoms with van der Waals surface area (Å²) in [6.45, 7) is 0.791. The Kier molecular flexibility index (Phi) is 3.13. The molecule has 1 aliphatic heterocycles. The minimum atomic E-state index is 0.318. The minimum absolute atomic E-state index is 0.318. The molecule has 0 saturated carbocycles. The van der Waals surface area contributed by atoms with Crippen molar-refractivity contribution in [2.45, 2.75) is 19.4 Å². The van der Waals surface area contributed by atoms with Crippen molar-refractivity contribution in [2.24, 2.45) is 12.8 Å². The molecule has 5 heteroatoms. The largest absolute Gasteiger partial charge is 0.454 e. The second kappa shape index (κ2) is 4.93. The van der Waals surface area contributed by atoms with E-state index in [1.807, 2.05) is 29.9 Å². The monoisotopic (exact) mass is 259 g/mol. The first-order valence-electron chi connectivity index (χ1n) is 6.36. The van der Waals surface area contributed by atoms with Gasteiger partial charge in [-0.25, -0.2) is 4.98 Å². The Morgan fingerprint density at radius 2 is 2.11 bits per heavy atom. The average molecular weight is 259 g/mol. The van der Waals surface area contributed by atoms with Crippen molar-refractivity contribution in [1.82, 2.24) is 9.55 Å². The number of aromatic nitrogens is 2. The molecule has 0 atom stereocenters. The summed E-state index contributed by atoms with van der Waals surface area (Å²) in [4.78, 5) is 4.50. The molecule has 1 aromatic heterocycles. The Bertz CT molecular complexity index is 592. The lowest BCUT2D eigenvalue weighted by atomic mass is 10.1. The zero-order valence-electron chi connectivity index (χ0n) is 10.9. The van der Waals surface area contributed by atoms with Crippen LogP contribution in [0.15, 0.2) is 24.4 Å². The molecule has 5 nitrogen and oxygen atoms in total. The molecule has 3 rings (SSSR count). The van der Waals surface area contributed by atoms with E-state index in [2.05, 4.69) is 11.1 Å². The van der Waals surface area contributed by atoms with Crippen LogP contribution in [0.4, 0.5) is 0 Å². The Labute approximate surface area is 112 Å². The topological polar surface area (TPSA) is 62.3 Å². The fraction of sp³-hybridized carbons (Fsp3) is 0.357. The van der Waals surface area contributed by atoms with Crippen LogP contribution in [-0.2, 0) is 26.4 Å². The second-order valence-electron chi connectivity index (χ2n) is 4.65. The Morgan fingerprint density at radius 1 is 1.26 bits per heavy atom. The fourth-order valence-electron chi connectivity index (χ4n) is 2.25. The number of fused-ring (bicyclic) bond motifs is 1. The molecular formula is C14H17N3O2. The lowest BCUT2D eigenvalue weighted by molar-refractivity contribution is 0.174. The van der Waals surface area contributed by atoms with E-state index in [1.165, 1.54) is 5.56 Å². The van der Waals surface area contributed by atoms with Gasteiger partial charge in [0.15, 0.2) is 11.5 Å². The van der Waals surface area contributed by atoms with E-state index in [9.17, 15) is 0 Å². The summed E-state index contributed by atoms with van der Waals surface area (Å²) in [7, 11) is 1.97. The molecular weight excluding hydrogens is 242 g/mol. The summed E-state index contributed by atoms with van der Waals surface area (Å²) in [5, 5.41) is 0. The van der Waals surface area contributed by atoms with Crippen LogP contribution in [0.25, 0.3) is 0 Å². The maximum Gasteiger partial charge on any atom is 0.231 e. The summed E-state index contributed by atoms with van der Waals surface area (Å²) < 4.78 is 12.7. The number of nitrogens with zero attached hydrogens (tertiary/aromatic N) is 2. The van der Waals surface area contributed by atoms with E-state index >= 15 is 0 Å². The van der Waals surface area contributed by atoms with Crippen LogP contribution < -0.4 is 15.2 Å². The normalized spacial score (nSPS) is 12.9. The van der Waals surface area contributed by atoms with Crippen molar-refractivity contribution in [3.8, 4) is 11.5 Å². The summed E-state index contributed by atoms with van der Waals surface area (Å²) in [6.07, 6.45) is 3.86. The van der Waals surface area contributed by atoms with E-state index < -0.39 is 0 Å². The van der Waals surface area contributed by atoms with Gasteiger partial charge in [-0.15, -0.1) is 0 Å². The number of hydrogen-bond acceptors (Lipinski definition) is 4. The minimum Gasteiger partial charge on any atom is -0.454 e. The number of ether oxygens (including phenoxy) is 2. The lowest BCUT2D eigenvalue weighted by Crippen LogP contribution is -2.03. The third-order valence-corrected chi connectivity index (χ3v) is 3.31. The highest BCUT2D eigenvalue weighted by atomic mass is 16.7. The van der Waals surface area contributed by atoms with Gasteiger partial charge in [-0.1, -0.05) is 6.07 Å². The molecule has 19 heavy (non-hydrogen) atoms. The molecule has 0 fully saturated rings. The van der Waals surface area contributed by atoms with Gasteiger partial charge < -0.3 is 19.8 Å². The smallest absolute Gasteiger partial charge is 0.231 e. The van der Waals surface area contributed by atoms with E-state index in [-0.39, 0.29) is 0 Å². The highest BCUT2D eigenvalue weighted by molar-refractivity contribution is 5.44. The van der Waals surface area contributed by atoms with Crippen LogP contribution in [0.3, 0.4) is 0 Å². The molecule has 0 radical (unpaired) electrons. The summed E-state index contributed by atoms with van der Waals surface area (Å²) >= 11 is 0. The van der Waals surface area contributed by atoms with Gasteiger partial charge in [-0.05, 0) is 30.5 Å².